The second kappa shape index (κ2) is 8.65. The first kappa shape index (κ1) is 18.2. The van der Waals surface area contributed by atoms with E-state index in [9.17, 15) is 0 Å². The fourth-order valence-electron chi connectivity index (χ4n) is 4.00. The number of likely N-dealkylation sites (N-methyl/N-ethyl adjacent to an activating group) is 1. The van der Waals surface area contributed by atoms with E-state index in [1.165, 1.54) is 38.6 Å². The molecule has 0 amide bonds. The van der Waals surface area contributed by atoms with Gasteiger partial charge in [-0.15, -0.1) is 0 Å². The van der Waals surface area contributed by atoms with Gasteiger partial charge in [-0.25, -0.2) is 0 Å². The minimum absolute atomic E-state index is 0.237. The molecule has 0 aromatic rings. The molecule has 2 atom stereocenters. The second-order valence-corrected chi connectivity index (χ2v) is 7.43. The highest BCUT2D eigenvalue weighted by Gasteiger charge is 2.44. The van der Waals surface area contributed by atoms with E-state index in [0.29, 0.717) is 0 Å². The van der Waals surface area contributed by atoms with Crippen molar-refractivity contribution in [2.75, 3.05) is 26.2 Å². The summed E-state index contributed by atoms with van der Waals surface area (Å²) >= 11 is 0. The van der Waals surface area contributed by atoms with E-state index >= 15 is 0 Å². The van der Waals surface area contributed by atoms with Crippen LogP contribution in [0.5, 0.6) is 0 Å². The number of hydrogen-bond donors (Lipinski definition) is 0. The van der Waals surface area contributed by atoms with Crippen LogP contribution in [0.4, 0.5) is 0 Å². The predicted octanol–water partition coefficient (Wildman–Crippen LogP) is 4.46. The lowest BCUT2D eigenvalue weighted by Gasteiger charge is -2.38. The third-order valence-corrected chi connectivity index (χ3v) is 5.89. The zero-order chi connectivity index (χ0) is 16.0. The molecule has 3 heteroatoms. The largest absolute Gasteiger partial charge is 0.347 e. The summed E-state index contributed by atoms with van der Waals surface area (Å²) in [5, 5.41) is 0. The van der Waals surface area contributed by atoms with E-state index in [1.807, 2.05) is 0 Å². The van der Waals surface area contributed by atoms with Gasteiger partial charge in [0.05, 0.1) is 12.7 Å². The lowest BCUT2D eigenvalue weighted by Crippen LogP contribution is -2.39. The van der Waals surface area contributed by atoms with Gasteiger partial charge in [-0.3, -0.25) is 0 Å². The summed E-state index contributed by atoms with van der Waals surface area (Å²) in [4.78, 5) is 2.52. The van der Waals surface area contributed by atoms with Crippen LogP contribution in [0, 0.1) is 11.8 Å². The van der Waals surface area contributed by atoms with Crippen LogP contribution in [0.1, 0.15) is 72.6 Å². The van der Waals surface area contributed by atoms with Gasteiger partial charge >= 0.3 is 0 Å². The summed E-state index contributed by atoms with van der Waals surface area (Å²) in [6.45, 7) is 13.3. The van der Waals surface area contributed by atoms with Crippen LogP contribution in [0.15, 0.2) is 0 Å². The summed E-state index contributed by atoms with van der Waals surface area (Å²) in [6, 6.07) is 0. The SMILES string of the molecule is CCCCN(CC)CC1COC2(CCC(C(C)CC)CC2)O1. The molecule has 1 saturated heterocycles. The molecule has 1 heterocycles. The maximum absolute atomic E-state index is 6.40. The minimum Gasteiger partial charge on any atom is -0.347 e. The maximum atomic E-state index is 6.40. The normalized spacial score (nSPS) is 33.7. The third kappa shape index (κ3) is 4.69. The fraction of sp³-hybridized carbons (Fsp3) is 1.00. The third-order valence-electron chi connectivity index (χ3n) is 5.89. The lowest BCUT2D eigenvalue weighted by molar-refractivity contribution is -0.195. The van der Waals surface area contributed by atoms with E-state index < -0.39 is 0 Å². The lowest BCUT2D eigenvalue weighted by atomic mass is 9.77. The molecule has 2 fully saturated rings. The summed E-state index contributed by atoms with van der Waals surface area (Å²) in [5.74, 6) is 1.48. The summed E-state index contributed by atoms with van der Waals surface area (Å²) in [7, 11) is 0. The Hall–Kier alpha value is -0.120. The molecule has 3 nitrogen and oxygen atoms in total. The maximum Gasteiger partial charge on any atom is 0.168 e. The summed E-state index contributed by atoms with van der Waals surface area (Å²) in [5.41, 5.74) is 0. The van der Waals surface area contributed by atoms with Crippen LogP contribution in [0.3, 0.4) is 0 Å². The highest BCUT2D eigenvalue weighted by atomic mass is 16.7. The average molecular weight is 312 g/mol. The molecule has 0 radical (unpaired) electrons. The van der Waals surface area contributed by atoms with Crippen molar-refractivity contribution < 1.29 is 9.47 Å². The number of unbranched alkanes of at least 4 members (excludes halogenated alkanes) is 1. The van der Waals surface area contributed by atoms with E-state index in [4.69, 9.17) is 9.47 Å². The van der Waals surface area contributed by atoms with E-state index in [0.717, 1.165) is 44.4 Å². The van der Waals surface area contributed by atoms with Gasteiger partial charge in [0.2, 0.25) is 0 Å². The first-order valence-electron chi connectivity index (χ1n) is 9.66. The summed E-state index contributed by atoms with van der Waals surface area (Å²) in [6.07, 6.45) is 8.86. The molecule has 2 aliphatic rings. The van der Waals surface area contributed by atoms with Crippen LogP contribution >= 0.6 is 0 Å². The van der Waals surface area contributed by atoms with Crippen molar-refractivity contribution in [2.45, 2.75) is 84.5 Å². The highest BCUT2D eigenvalue weighted by Crippen LogP contribution is 2.42. The Bertz CT molecular complexity index is 313. The van der Waals surface area contributed by atoms with Gasteiger partial charge in [0.1, 0.15) is 0 Å². The Morgan fingerprint density at radius 3 is 2.50 bits per heavy atom. The first-order chi connectivity index (χ1) is 10.6. The van der Waals surface area contributed by atoms with Gasteiger partial charge in [-0.05, 0) is 44.2 Å². The molecule has 22 heavy (non-hydrogen) atoms. The molecular formula is C19H37NO2. The van der Waals surface area contributed by atoms with Crippen molar-refractivity contribution in [3.63, 3.8) is 0 Å². The molecule has 0 bridgehead atoms. The van der Waals surface area contributed by atoms with Gasteiger partial charge in [0.15, 0.2) is 5.79 Å². The monoisotopic (exact) mass is 311 g/mol. The summed E-state index contributed by atoms with van der Waals surface area (Å²) < 4.78 is 12.6. The smallest absolute Gasteiger partial charge is 0.168 e. The molecule has 2 unspecified atom stereocenters. The molecule has 1 spiro atoms. The Morgan fingerprint density at radius 2 is 1.91 bits per heavy atom. The Balaban J connectivity index is 1.77. The molecule has 130 valence electrons. The van der Waals surface area contributed by atoms with Gasteiger partial charge in [0.25, 0.3) is 0 Å². The van der Waals surface area contributed by atoms with Crippen molar-refractivity contribution in [2.24, 2.45) is 11.8 Å². The van der Waals surface area contributed by atoms with Crippen molar-refractivity contribution in [1.82, 2.24) is 4.90 Å². The number of rotatable bonds is 8. The van der Waals surface area contributed by atoms with Crippen LogP contribution < -0.4 is 0 Å². The van der Waals surface area contributed by atoms with Gasteiger partial charge in [-0.2, -0.15) is 0 Å². The first-order valence-corrected chi connectivity index (χ1v) is 9.66. The van der Waals surface area contributed by atoms with Crippen LogP contribution in [-0.2, 0) is 9.47 Å². The van der Waals surface area contributed by atoms with Crippen molar-refractivity contribution in [3.05, 3.63) is 0 Å². The topological polar surface area (TPSA) is 21.7 Å². The number of ether oxygens (including phenoxy) is 2. The molecular weight excluding hydrogens is 274 g/mol. The van der Waals surface area contributed by atoms with E-state index in [-0.39, 0.29) is 11.9 Å². The molecule has 2 rings (SSSR count). The zero-order valence-electron chi connectivity index (χ0n) is 15.3. The van der Waals surface area contributed by atoms with Crippen LogP contribution in [0.2, 0.25) is 0 Å². The van der Waals surface area contributed by atoms with Crippen molar-refractivity contribution >= 4 is 0 Å². The Labute approximate surface area is 137 Å². The Kier molecular flexibility index (Phi) is 7.17. The standard InChI is InChI=1S/C19H37NO2/c1-5-8-13-20(7-3)14-18-15-21-19(22-18)11-9-17(10-12-19)16(4)6-2/h16-18H,5-15H2,1-4H3. The highest BCUT2D eigenvalue weighted by molar-refractivity contribution is 4.87. The Morgan fingerprint density at radius 1 is 1.18 bits per heavy atom. The number of hydrogen-bond acceptors (Lipinski definition) is 3. The average Bonchev–Trinajstić information content (AvgIpc) is 2.93. The zero-order valence-corrected chi connectivity index (χ0v) is 15.3. The fourth-order valence-corrected chi connectivity index (χ4v) is 4.00. The van der Waals surface area contributed by atoms with Crippen LogP contribution in [0.25, 0.3) is 0 Å². The molecule has 0 aromatic carbocycles. The van der Waals surface area contributed by atoms with Crippen LogP contribution in [-0.4, -0.2) is 43.0 Å². The second-order valence-electron chi connectivity index (χ2n) is 7.43. The minimum atomic E-state index is -0.237. The molecule has 1 saturated carbocycles. The van der Waals surface area contributed by atoms with E-state index in [1.54, 1.807) is 0 Å². The molecule has 1 aliphatic carbocycles. The quantitative estimate of drug-likeness (QED) is 0.661. The van der Waals surface area contributed by atoms with Gasteiger partial charge in [0, 0.05) is 19.4 Å². The molecule has 1 aliphatic heterocycles. The van der Waals surface area contributed by atoms with E-state index in [2.05, 4.69) is 32.6 Å². The molecule has 0 aromatic heterocycles. The predicted molar refractivity (Wildman–Crippen MR) is 92.0 cm³/mol. The number of nitrogens with zero attached hydrogens (tertiary/aromatic N) is 1. The molecule has 0 N–H and O–H groups in total. The van der Waals surface area contributed by atoms with Gasteiger partial charge in [-0.1, -0.05) is 40.5 Å². The van der Waals surface area contributed by atoms with Gasteiger partial charge < -0.3 is 14.4 Å². The van der Waals surface area contributed by atoms with Crippen molar-refractivity contribution in [1.29, 1.82) is 0 Å². The van der Waals surface area contributed by atoms with Crippen molar-refractivity contribution in [3.8, 4) is 0 Å².